The molecule has 0 unspecified atom stereocenters. The summed E-state index contributed by atoms with van der Waals surface area (Å²) in [5.74, 6) is -0.839. The molecule has 0 radical (unpaired) electrons. The van der Waals surface area contributed by atoms with Gasteiger partial charge in [-0.2, -0.15) is 0 Å². The predicted octanol–water partition coefficient (Wildman–Crippen LogP) is 3.16. The number of rotatable bonds is 6. The molecule has 2 nitrogen and oxygen atoms in total. The topological polar surface area (TPSA) is 29.1 Å². The lowest BCUT2D eigenvalue weighted by Gasteiger charge is -2.29. The van der Waals surface area contributed by atoms with Gasteiger partial charge in [0.2, 0.25) is 5.44 Å². The highest BCUT2D eigenvalue weighted by molar-refractivity contribution is 7.99. The molecule has 0 fully saturated rings. The number of amides is 1. The monoisotopic (exact) mass is 529 g/mol. The Hall–Kier alpha value is -2.68. The molecular weight excluding hydrogens is 511 g/mol. The highest BCUT2D eigenvalue weighted by atomic mass is 35.5. The van der Waals surface area contributed by atoms with Crippen LogP contribution in [0.5, 0.6) is 0 Å². The normalized spacial score (nSPS) is 10.7. The number of hydrogen-bond acceptors (Lipinski definition) is 1. The SMILES string of the molecule is O=C(NC(=C(Cl)Cl)[P+](c1ccccc1)(c1ccccc1)c1ccccc1)c1ccc(F)cc1.[Cl-]. The van der Waals surface area contributed by atoms with Gasteiger partial charge in [0.05, 0.1) is 0 Å². The van der Waals surface area contributed by atoms with Crippen LogP contribution in [0.25, 0.3) is 0 Å². The van der Waals surface area contributed by atoms with Crippen molar-refractivity contribution < 1.29 is 21.6 Å². The molecule has 0 saturated carbocycles. The van der Waals surface area contributed by atoms with Crippen LogP contribution in [0.1, 0.15) is 10.4 Å². The molecule has 0 atom stereocenters. The van der Waals surface area contributed by atoms with Crippen LogP contribution in [-0.4, -0.2) is 5.91 Å². The molecule has 4 aromatic carbocycles. The second-order valence-electron chi connectivity index (χ2n) is 7.25. The Balaban J connectivity index is 0.00000324. The summed E-state index contributed by atoms with van der Waals surface area (Å²) in [7, 11) is -2.69. The van der Waals surface area contributed by atoms with Crippen molar-refractivity contribution in [3.05, 3.63) is 137 Å². The second-order valence-corrected chi connectivity index (χ2v) is 11.5. The molecule has 0 aromatic heterocycles. The highest BCUT2D eigenvalue weighted by Gasteiger charge is 2.52. The van der Waals surface area contributed by atoms with Gasteiger partial charge in [-0.3, -0.25) is 10.1 Å². The molecule has 0 aliphatic heterocycles. The van der Waals surface area contributed by atoms with Crippen LogP contribution in [0.15, 0.2) is 125 Å². The van der Waals surface area contributed by atoms with Crippen molar-refractivity contribution in [2.24, 2.45) is 0 Å². The quantitative estimate of drug-likeness (QED) is 0.382. The fourth-order valence-corrected chi connectivity index (χ4v) is 8.73. The fraction of sp³-hybridized carbons (Fsp3) is 0. The van der Waals surface area contributed by atoms with Crippen molar-refractivity contribution in [1.29, 1.82) is 0 Å². The maximum absolute atomic E-state index is 13.4. The van der Waals surface area contributed by atoms with Gasteiger partial charge < -0.3 is 12.4 Å². The number of nitrogens with one attached hydrogen (secondary N) is 1. The van der Waals surface area contributed by atoms with Crippen molar-refractivity contribution >= 4 is 52.3 Å². The Labute approximate surface area is 215 Å². The van der Waals surface area contributed by atoms with E-state index in [2.05, 4.69) is 5.32 Å². The largest absolute Gasteiger partial charge is 1.00 e. The first kappa shape index (κ1) is 25.9. The average Bonchev–Trinajstić information content (AvgIpc) is 2.86. The third-order valence-electron chi connectivity index (χ3n) is 5.28. The molecule has 34 heavy (non-hydrogen) atoms. The van der Waals surface area contributed by atoms with Gasteiger partial charge in [0, 0.05) is 5.56 Å². The summed E-state index contributed by atoms with van der Waals surface area (Å²) >= 11 is 13.1. The summed E-state index contributed by atoms with van der Waals surface area (Å²) in [4.78, 5) is 13.2. The first-order chi connectivity index (χ1) is 16.0. The summed E-state index contributed by atoms with van der Waals surface area (Å²) in [6.45, 7) is 0. The van der Waals surface area contributed by atoms with Crippen LogP contribution in [0, 0.1) is 5.82 Å². The van der Waals surface area contributed by atoms with Crippen LogP contribution in [0.2, 0.25) is 0 Å². The van der Waals surface area contributed by atoms with Crippen LogP contribution in [0.4, 0.5) is 4.39 Å². The minimum Gasteiger partial charge on any atom is -1.00 e. The van der Waals surface area contributed by atoms with Crippen LogP contribution in [-0.2, 0) is 0 Å². The van der Waals surface area contributed by atoms with E-state index in [0.29, 0.717) is 11.0 Å². The van der Waals surface area contributed by atoms with Gasteiger partial charge in [0.25, 0.3) is 5.91 Å². The lowest BCUT2D eigenvalue weighted by atomic mass is 10.2. The number of carbonyl (C=O) groups is 1. The Morgan fingerprint density at radius 2 is 1.03 bits per heavy atom. The molecular formula is C27H20Cl3FNOP. The van der Waals surface area contributed by atoms with Crippen LogP contribution < -0.4 is 33.6 Å². The average molecular weight is 531 g/mol. The van der Waals surface area contributed by atoms with Crippen molar-refractivity contribution in [1.82, 2.24) is 5.32 Å². The van der Waals surface area contributed by atoms with Crippen LogP contribution in [0.3, 0.4) is 0 Å². The standard InChI is InChI=1S/C27H19Cl2FNOP.ClH/c28-25(29)27(31-26(32)20-16-18-21(30)19-17-20)33(22-10-4-1-5-11-22,23-12-6-2-7-13-23)24-14-8-3-9-15-24;/h1-19H;1H. The molecule has 7 heteroatoms. The highest BCUT2D eigenvalue weighted by Crippen LogP contribution is 2.63. The molecule has 4 aromatic rings. The molecule has 0 saturated heterocycles. The smallest absolute Gasteiger partial charge is 0.258 e. The van der Waals surface area contributed by atoms with Crippen molar-refractivity contribution in [3.63, 3.8) is 0 Å². The Morgan fingerprint density at radius 1 is 0.647 bits per heavy atom. The third kappa shape index (κ3) is 5.19. The number of carbonyl (C=O) groups excluding carboxylic acids is 1. The van der Waals surface area contributed by atoms with E-state index in [1.54, 1.807) is 0 Å². The maximum Gasteiger partial charge on any atom is 0.258 e. The van der Waals surface area contributed by atoms with E-state index >= 15 is 0 Å². The summed E-state index contributed by atoms with van der Waals surface area (Å²) in [6, 6.07) is 35.0. The second kappa shape index (κ2) is 11.6. The molecule has 0 aliphatic carbocycles. The lowest BCUT2D eigenvalue weighted by molar-refractivity contribution is -0.0000151. The fourth-order valence-electron chi connectivity index (χ4n) is 3.83. The summed E-state index contributed by atoms with van der Waals surface area (Å²) in [5.41, 5.74) is 0.722. The van der Waals surface area contributed by atoms with E-state index in [9.17, 15) is 9.18 Å². The lowest BCUT2D eigenvalue weighted by Crippen LogP contribution is -3.00. The van der Waals surface area contributed by atoms with Gasteiger partial charge in [-0.25, -0.2) is 4.39 Å². The Morgan fingerprint density at radius 3 is 1.38 bits per heavy atom. The molecule has 1 amide bonds. The zero-order valence-corrected chi connectivity index (χ0v) is 21.0. The first-order valence-electron chi connectivity index (χ1n) is 10.2. The van der Waals surface area contributed by atoms with Gasteiger partial charge in [-0.05, 0) is 60.7 Å². The van der Waals surface area contributed by atoms with Crippen molar-refractivity contribution in [2.75, 3.05) is 0 Å². The van der Waals surface area contributed by atoms with Gasteiger partial charge in [-0.1, -0.05) is 77.8 Å². The minimum absolute atomic E-state index is 0. The Bertz CT molecular complexity index is 1170. The molecule has 1 N–H and O–H groups in total. The van der Waals surface area contributed by atoms with E-state index in [4.69, 9.17) is 23.2 Å². The third-order valence-corrected chi connectivity index (χ3v) is 10.1. The van der Waals surface area contributed by atoms with Gasteiger partial charge in [-0.15, -0.1) is 0 Å². The van der Waals surface area contributed by atoms with E-state index in [0.717, 1.165) is 15.9 Å². The summed E-state index contributed by atoms with van der Waals surface area (Å²) in [6.07, 6.45) is 0. The maximum atomic E-state index is 13.4. The predicted molar refractivity (Wildman–Crippen MR) is 138 cm³/mol. The van der Waals surface area contributed by atoms with E-state index in [1.807, 2.05) is 91.0 Å². The molecule has 0 spiro atoms. The van der Waals surface area contributed by atoms with Gasteiger partial charge in [0.1, 0.15) is 21.7 Å². The van der Waals surface area contributed by atoms with Crippen molar-refractivity contribution in [3.8, 4) is 0 Å². The molecule has 0 aliphatic rings. The van der Waals surface area contributed by atoms with Crippen LogP contribution >= 0.6 is 30.5 Å². The number of benzene rings is 4. The molecule has 172 valence electrons. The number of halogens is 4. The Kier molecular flexibility index (Phi) is 8.88. The van der Waals surface area contributed by atoms with Gasteiger partial charge >= 0.3 is 0 Å². The zero-order chi connectivity index (χ0) is 23.3. The zero-order valence-electron chi connectivity index (χ0n) is 17.8. The minimum atomic E-state index is -2.69. The molecule has 0 heterocycles. The van der Waals surface area contributed by atoms with Crippen molar-refractivity contribution in [2.45, 2.75) is 0 Å². The van der Waals surface area contributed by atoms with E-state index in [-0.39, 0.29) is 16.9 Å². The summed E-state index contributed by atoms with van der Waals surface area (Å²) in [5, 5.41) is 5.94. The summed E-state index contributed by atoms with van der Waals surface area (Å²) < 4.78 is 13.4. The van der Waals surface area contributed by atoms with E-state index in [1.165, 1.54) is 24.3 Å². The van der Waals surface area contributed by atoms with Gasteiger partial charge in [0.15, 0.2) is 11.8 Å². The van der Waals surface area contributed by atoms with E-state index < -0.39 is 19.0 Å². The molecule has 0 bridgehead atoms. The number of hydrogen-bond donors (Lipinski definition) is 1. The first-order valence-corrected chi connectivity index (χ1v) is 12.8. The molecule has 4 rings (SSSR count).